The summed E-state index contributed by atoms with van der Waals surface area (Å²) in [5.74, 6) is 0.875. The molecule has 1 unspecified atom stereocenters. The van der Waals surface area contributed by atoms with Crippen molar-refractivity contribution in [3.63, 3.8) is 0 Å². The topological polar surface area (TPSA) is 45.8 Å². The fraction of sp³-hybridized carbons (Fsp3) is 0.429. The molecular weight excluding hydrogens is 160 g/mol. The molecule has 0 saturated heterocycles. The Morgan fingerprint density at radius 2 is 2.64 bits per heavy atom. The number of nitrogens with one attached hydrogen (secondary N) is 1. The first kappa shape index (κ1) is 6.91. The van der Waals surface area contributed by atoms with Crippen molar-refractivity contribution in [2.24, 2.45) is 0 Å². The van der Waals surface area contributed by atoms with Gasteiger partial charge in [-0.05, 0) is 6.92 Å². The summed E-state index contributed by atoms with van der Waals surface area (Å²) >= 11 is 1.76. The van der Waals surface area contributed by atoms with Crippen molar-refractivity contribution in [2.45, 2.75) is 17.9 Å². The molecule has 2 rings (SSSR count). The molecule has 58 valence electrons. The van der Waals surface area contributed by atoms with Crippen LogP contribution in [0.1, 0.15) is 23.4 Å². The van der Waals surface area contributed by atoms with E-state index in [1.165, 1.54) is 6.33 Å². The summed E-state index contributed by atoms with van der Waals surface area (Å²) in [5, 5.41) is 0.308. The van der Waals surface area contributed by atoms with Crippen molar-refractivity contribution >= 4 is 11.8 Å². The van der Waals surface area contributed by atoms with Crippen LogP contribution in [0.15, 0.2) is 11.1 Å². The van der Waals surface area contributed by atoms with Crippen molar-refractivity contribution in [2.75, 3.05) is 0 Å². The predicted octanol–water partition coefficient (Wildman–Crippen LogP) is 1.08. The molecule has 0 aromatic carbocycles. The molecule has 1 aromatic heterocycles. The summed E-state index contributed by atoms with van der Waals surface area (Å²) in [6, 6.07) is 0. The van der Waals surface area contributed by atoms with Crippen molar-refractivity contribution in [1.29, 1.82) is 0 Å². The third-order valence-electron chi connectivity index (χ3n) is 1.85. The van der Waals surface area contributed by atoms with Gasteiger partial charge in [-0.15, -0.1) is 11.8 Å². The van der Waals surface area contributed by atoms with Crippen LogP contribution < -0.4 is 5.56 Å². The van der Waals surface area contributed by atoms with Gasteiger partial charge in [0.2, 0.25) is 0 Å². The lowest BCUT2D eigenvalue weighted by Crippen LogP contribution is -2.13. The van der Waals surface area contributed by atoms with Gasteiger partial charge in [0.05, 0.1) is 17.6 Å². The van der Waals surface area contributed by atoms with Crippen LogP contribution >= 0.6 is 11.8 Å². The first-order valence-corrected chi connectivity index (χ1v) is 4.52. The SMILES string of the molecule is CC1SCc2nc[nH]c(=O)c21. The number of nitrogens with zero attached hydrogens (tertiary/aromatic N) is 1. The highest BCUT2D eigenvalue weighted by molar-refractivity contribution is 7.99. The van der Waals surface area contributed by atoms with Crippen molar-refractivity contribution < 1.29 is 0 Å². The van der Waals surface area contributed by atoms with E-state index in [4.69, 9.17) is 0 Å². The van der Waals surface area contributed by atoms with Crippen molar-refractivity contribution in [3.8, 4) is 0 Å². The first-order chi connectivity index (χ1) is 5.29. The third kappa shape index (κ3) is 0.976. The molecule has 0 radical (unpaired) electrons. The number of hydrogen-bond acceptors (Lipinski definition) is 3. The van der Waals surface area contributed by atoms with E-state index in [0.29, 0.717) is 5.25 Å². The third-order valence-corrected chi connectivity index (χ3v) is 3.02. The number of thioether (sulfide) groups is 1. The minimum atomic E-state index is 0.0208. The van der Waals surface area contributed by atoms with Crippen molar-refractivity contribution in [3.05, 3.63) is 27.9 Å². The maximum Gasteiger partial charge on any atom is 0.255 e. The highest BCUT2D eigenvalue weighted by atomic mass is 32.2. The van der Waals surface area contributed by atoms with Gasteiger partial charge in [0.1, 0.15) is 0 Å². The summed E-state index contributed by atoms with van der Waals surface area (Å²) in [5.41, 5.74) is 1.83. The van der Waals surface area contributed by atoms with Gasteiger partial charge in [-0.2, -0.15) is 0 Å². The minimum Gasteiger partial charge on any atom is -0.313 e. The van der Waals surface area contributed by atoms with Gasteiger partial charge >= 0.3 is 0 Å². The fourth-order valence-corrected chi connectivity index (χ4v) is 2.32. The fourth-order valence-electron chi connectivity index (χ4n) is 1.27. The Morgan fingerprint density at radius 3 is 3.36 bits per heavy atom. The zero-order valence-electron chi connectivity index (χ0n) is 6.13. The van der Waals surface area contributed by atoms with Crippen LogP contribution in [0, 0.1) is 0 Å². The molecule has 0 bridgehead atoms. The van der Waals surface area contributed by atoms with Gasteiger partial charge in [-0.3, -0.25) is 4.79 Å². The molecule has 0 spiro atoms. The van der Waals surface area contributed by atoms with Gasteiger partial charge in [0, 0.05) is 11.0 Å². The molecule has 3 nitrogen and oxygen atoms in total. The van der Waals surface area contributed by atoms with E-state index in [9.17, 15) is 4.79 Å². The van der Waals surface area contributed by atoms with Crippen LogP contribution in [-0.4, -0.2) is 9.97 Å². The molecule has 1 aliphatic heterocycles. The molecule has 0 saturated carbocycles. The van der Waals surface area contributed by atoms with Crippen molar-refractivity contribution in [1.82, 2.24) is 9.97 Å². The van der Waals surface area contributed by atoms with E-state index in [2.05, 4.69) is 9.97 Å². The summed E-state index contributed by atoms with van der Waals surface area (Å²) in [6.45, 7) is 2.04. The van der Waals surface area contributed by atoms with Gasteiger partial charge in [0.15, 0.2) is 0 Å². The highest BCUT2D eigenvalue weighted by Crippen LogP contribution is 2.37. The van der Waals surface area contributed by atoms with Crippen LogP contribution in [0.4, 0.5) is 0 Å². The molecule has 2 heterocycles. The molecule has 11 heavy (non-hydrogen) atoms. The Bertz CT molecular complexity index is 333. The summed E-state index contributed by atoms with van der Waals surface area (Å²) < 4.78 is 0. The smallest absolute Gasteiger partial charge is 0.255 e. The molecule has 4 heteroatoms. The number of H-pyrrole nitrogens is 1. The monoisotopic (exact) mass is 168 g/mol. The van der Waals surface area contributed by atoms with E-state index in [1.807, 2.05) is 6.92 Å². The molecule has 1 N–H and O–H groups in total. The Kier molecular flexibility index (Phi) is 1.49. The molecular formula is C7H8N2OS. The van der Waals surface area contributed by atoms with Crippen LogP contribution in [0.5, 0.6) is 0 Å². The molecule has 1 aliphatic rings. The van der Waals surface area contributed by atoms with Crippen LogP contribution in [-0.2, 0) is 5.75 Å². The Hall–Kier alpha value is -0.770. The molecule has 1 aromatic rings. The lowest BCUT2D eigenvalue weighted by Gasteiger charge is -1.98. The van der Waals surface area contributed by atoms with Crippen LogP contribution in [0.3, 0.4) is 0 Å². The minimum absolute atomic E-state index is 0.0208. The second kappa shape index (κ2) is 2.37. The highest BCUT2D eigenvalue weighted by Gasteiger charge is 2.22. The average Bonchev–Trinajstić information content (AvgIpc) is 2.34. The maximum atomic E-state index is 11.2. The number of hydrogen-bond donors (Lipinski definition) is 1. The lowest BCUT2D eigenvalue weighted by molar-refractivity contribution is 0.971. The maximum absolute atomic E-state index is 11.2. The standard InChI is InChI=1S/C7H8N2OS/c1-4-6-5(2-11-4)8-3-9-7(6)10/h3-4H,2H2,1H3,(H,8,9,10). The first-order valence-electron chi connectivity index (χ1n) is 3.47. The van der Waals surface area contributed by atoms with Gasteiger partial charge < -0.3 is 4.98 Å². The number of aromatic amines is 1. The normalized spacial score (nSPS) is 21.7. The van der Waals surface area contributed by atoms with E-state index in [1.54, 1.807) is 11.8 Å². The van der Waals surface area contributed by atoms with Crippen LogP contribution in [0.25, 0.3) is 0 Å². The largest absolute Gasteiger partial charge is 0.313 e. The van der Waals surface area contributed by atoms with Crippen LogP contribution in [0.2, 0.25) is 0 Å². The molecule has 0 amide bonds. The van der Waals surface area contributed by atoms with E-state index in [0.717, 1.165) is 17.0 Å². The molecule has 1 atom stereocenters. The zero-order chi connectivity index (χ0) is 7.84. The van der Waals surface area contributed by atoms with E-state index < -0.39 is 0 Å². The summed E-state index contributed by atoms with van der Waals surface area (Å²) in [7, 11) is 0. The van der Waals surface area contributed by atoms with Gasteiger partial charge in [-0.1, -0.05) is 0 Å². The molecule has 0 fully saturated rings. The summed E-state index contributed by atoms with van der Waals surface area (Å²) in [4.78, 5) is 17.9. The second-order valence-electron chi connectivity index (χ2n) is 2.55. The van der Waals surface area contributed by atoms with Gasteiger partial charge in [0.25, 0.3) is 5.56 Å². The summed E-state index contributed by atoms with van der Waals surface area (Å²) in [6.07, 6.45) is 1.47. The number of aromatic nitrogens is 2. The number of rotatable bonds is 0. The second-order valence-corrected chi connectivity index (χ2v) is 3.87. The van der Waals surface area contributed by atoms with E-state index in [-0.39, 0.29) is 5.56 Å². The average molecular weight is 168 g/mol. The van der Waals surface area contributed by atoms with Gasteiger partial charge in [-0.25, -0.2) is 4.98 Å². The quantitative estimate of drug-likeness (QED) is 0.630. The number of fused-ring (bicyclic) bond motifs is 1. The van der Waals surface area contributed by atoms with E-state index >= 15 is 0 Å². The lowest BCUT2D eigenvalue weighted by atomic mass is 10.2. The Balaban J connectivity index is 2.68. The molecule has 0 aliphatic carbocycles. The predicted molar refractivity (Wildman–Crippen MR) is 44.6 cm³/mol. The Labute approximate surface area is 68.2 Å². The zero-order valence-corrected chi connectivity index (χ0v) is 6.94. The Morgan fingerprint density at radius 1 is 1.82 bits per heavy atom.